The van der Waals surface area contributed by atoms with Crippen LogP contribution in [0.15, 0.2) is 0 Å². The Morgan fingerprint density at radius 2 is 2.04 bits per heavy atom. The van der Waals surface area contributed by atoms with Crippen molar-refractivity contribution in [1.29, 1.82) is 0 Å². The Labute approximate surface area is 143 Å². The van der Waals surface area contributed by atoms with Crippen LogP contribution in [-0.4, -0.2) is 48.3 Å². The van der Waals surface area contributed by atoms with E-state index in [1.807, 2.05) is 20.8 Å². The first-order valence-corrected chi connectivity index (χ1v) is 8.67. The van der Waals surface area contributed by atoms with Gasteiger partial charge in [0.2, 0.25) is 5.28 Å². The normalized spacial score (nSPS) is 15.4. The van der Waals surface area contributed by atoms with Gasteiger partial charge in [0.05, 0.1) is 24.7 Å². The summed E-state index contributed by atoms with van der Waals surface area (Å²) in [5.74, 6) is 0.435. The number of anilines is 1. The first kappa shape index (κ1) is 16.4. The molecule has 0 aliphatic carbocycles. The predicted molar refractivity (Wildman–Crippen MR) is 90.7 cm³/mol. The maximum Gasteiger partial charge on any atom is 0.348 e. The van der Waals surface area contributed by atoms with Crippen molar-refractivity contribution in [3.05, 3.63) is 15.7 Å². The van der Waals surface area contributed by atoms with Crippen LogP contribution >= 0.6 is 22.9 Å². The van der Waals surface area contributed by atoms with E-state index in [0.717, 1.165) is 29.9 Å². The number of hydrogen-bond donors (Lipinski definition) is 0. The van der Waals surface area contributed by atoms with Crippen molar-refractivity contribution in [1.82, 2.24) is 9.97 Å². The SMILES string of the molecule is Cc1c(C(=O)OC(C)C)sc2nc(Cl)nc(N3CCOCC3)c12. The number of hydrogen-bond acceptors (Lipinski definition) is 7. The lowest BCUT2D eigenvalue weighted by atomic mass is 10.2. The summed E-state index contributed by atoms with van der Waals surface area (Å²) < 4.78 is 10.7. The van der Waals surface area contributed by atoms with Crippen LogP contribution in [0.25, 0.3) is 10.2 Å². The van der Waals surface area contributed by atoms with E-state index in [2.05, 4.69) is 14.9 Å². The van der Waals surface area contributed by atoms with Gasteiger partial charge in [-0.05, 0) is 37.9 Å². The molecule has 0 radical (unpaired) electrons. The van der Waals surface area contributed by atoms with E-state index in [-0.39, 0.29) is 17.4 Å². The van der Waals surface area contributed by atoms with Crippen molar-refractivity contribution in [3.63, 3.8) is 0 Å². The molecule has 0 aromatic carbocycles. The van der Waals surface area contributed by atoms with E-state index in [1.165, 1.54) is 11.3 Å². The Morgan fingerprint density at radius 3 is 2.70 bits per heavy atom. The molecule has 3 rings (SSSR count). The molecule has 6 nitrogen and oxygen atoms in total. The van der Waals surface area contributed by atoms with Gasteiger partial charge >= 0.3 is 5.97 Å². The van der Waals surface area contributed by atoms with Crippen LogP contribution in [-0.2, 0) is 9.47 Å². The van der Waals surface area contributed by atoms with Crippen LogP contribution in [0.5, 0.6) is 0 Å². The number of morpholine rings is 1. The number of thiophene rings is 1. The Bertz CT molecular complexity index is 741. The minimum absolute atomic E-state index is 0.166. The van der Waals surface area contributed by atoms with Gasteiger partial charge in [-0.2, -0.15) is 4.98 Å². The Morgan fingerprint density at radius 1 is 1.35 bits per heavy atom. The fourth-order valence-electron chi connectivity index (χ4n) is 2.56. The smallest absolute Gasteiger partial charge is 0.348 e. The van der Waals surface area contributed by atoms with Gasteiger partial charge in [0.1, 0.15) is 15.5 Å². The summed E-state index contributed by atoms with van der Waals surface area (Å²) in [5, 5.41) is 1.06. The van der Waals surface area contributed by atoms with Crippen molar-refractivity contribution in [2.24, 2.45) is 0 Å². The molecular weight excluding hydrogens is 338 g/mol. The number of carbonyl (C=O) groups is 1. The number of esters is 1. The Balaban J connectivity index is 2.10. The van der Waals surface area contributed by atoms with Crippen molar-refractivity contribution in [2.75, 3.05) is 31.2 Å². The van der Waals surface area contributed by atoms with Crippen LogP contribution in [0, 0.1) is 6.92 Å². The molecule has 0 unspecified atom stereocenters. The lowest BCUT2D eigenvalue weighted by molar-refractivity contribution is 0.0383. The van der Waals surface area contributed by atoms with Gasteiger partial charge in [0.15, 0.2) is 0 Å². The highest BCUT2D eigenvalue weighted by molar-refractivity contribution is 7.20. The third-order valence-corrected chi connectivity index (χ3v) is 4.92. The second kappa shape index (κ2) is 6.59. The number of nitrogens with zero attached hydrogens (tertiary/aromatic N) is 3. The molecule has 23 heavy (non-hydrogen) atoms. The molecule has 0 saturated carbocycles. The highest BCUT2D eigenvalue weighted by atomic mass is 35.5. The zero-order valence-corrected chi connectivity index (χ0v) is 14.8. The largest absolute Gasteiger partial charge is 0.459 e. The molecule has 1 aliphatic rings. The van der Waals surface area contributed by atoms with Gasteiger partial charge < -0.3 is 14.4 Å². The summed E-state index contributed by atoms with van der Waals surface area (Å²) in [7, 11) is 0. The summed E-state index contributed by atoms with van der Waals surface area (Å²) in [6.45, 7) is 8.33. The van der Waals surface area contributed by atoms with Crippen molar-refractivity contribution >= 4 is 44.9 Å². The topological polar surface area (TPSA) is 64.5 Å². The van der Waals surface area contributed by atoms with Crippen molar-refractivity contribution < 1.29 is 14.3 Å². The van der Waals surface area contributed by atoms with E-state index in [1.54, 1.807) is 0 Å². The Hall–Kier alpha value is -1.44. The van der Waals surface area contributed by atoms with E-state index in [9.17, 15) is 4.79 Å². The lowest BCUT2D eigenvalue weighted by Crippen LogP contribution is -2.37. The standard InChI is InChI=1S/C15H18ClN3O3S/c1-8(2)22-14(20)11-9(3)10-12(19-4-6-21-7-5-19)17-15(16)18-13(10)23-11/h8H,4-7H2,1-3H3. The average Bonchev–Trinajstić information content (AvgIpc) is 2.83. The van der Waals surface area contributed by atoms with Gasteiger partial charge in [-0.1, -0.05) is 0 Å². The zero-order valence-electron chi connectivity index (χ0n) is 13.3. The highest BCUT2D eigenvalue weighted by Crippen LogP contribution is 2.36. The van der Waals surface area contributed by atoms with Crippen molar-refractivity contribution in [2.45, 2.75) is 26.9 Å². The highest BCUT2D eigenvalue weighted by Gasteiger charge is 2.25. The number of halogens is 1. The van der Waals surface area contributed by atoms with Crippen LogP contribution < -0.4 is 4.90 Å². The molecule has 124 valence electrons. The van der Waals surface area contributed by atoms with Gasteiger partial charge in [-0.25, -0.2) is 9.78 Å². The maximum absolute atomic E-state index is 12.3. The minimum Gasteiger partial charge on any atom is -0.459 e. The fraction of sp³-hybridized carbons (Fsp3) is 0.533. The van der Waals surface area contributed by atoms with E-state index < -0.39 is 0 Å². The average molecular weight is 356 g/mol. The number of aryl methyl sites for hydroxylation is 1. The summed E-state index contributed by atoms with van der Waals surface area (Å²) in [6, 6.07) is 0. The lowest BCUT2D eigenvalue weighted by Gasteiger charge is -2.28. The van der Waals surface area contributed by atoms with Crippen LogP contribution in [0.4, 0.5) is 5.82 Å². The van der Waals surface area contributed by atoms with Gasteiger partial charge in [-0.3, -0.25) is 0 Å². The molecule has 0 N–H and O–H groups in total. The monoisotopic (exact) mass is 355 g/mol. The number of rotatable bonds is 3. The van der Waals surface area contributed by atoms with Gasteiger partial charge in [0.25, 0.3) is 0 Å². The minimum atomic E-state index is -0.329. The molecule has 2 aromatic rings. The third-order valence-electron chi connectivity index (χ3n) is 3.58. The van der Waals surface area contributed by atoms with Crippen molar-refractivity contribution in [3.8, 4) is 0 Å². The summed E-state index contributed by atoms with van der Waals surface area (Å²) in [6.07, 6.45) is -0.166. The molecule has 1 fully saturated rings. The molecule has 8 heteroatoms. The number of aromatic nitrogens is 2. The quantitative estimate of drug-likeness (QED) is 0.622. The molecule has 1 aliphatic heterocycles. The molecule has 0 bridgehead atoms. The van der Waals surface area contributed by atoms with Gasteiger partial charge in [0, 0.05) is 13.1 Å². The number of ether oxygens (including phenoxy) is 2. The summed E-state index contributed by atoms with van der Waals surface area (Å²) in [5.41, 5.74) is 0.841. The molecule has 0 spiro atoms. The molecular formula is C15H18ClN3O3S. The van der Waals surface area contributed by atoms with E-state index >= 15 is 0 Å². The fourth-order valence-corrected chi connectivity index (χ4v) is 3.83. The zero-order chi connectivity index (χ0) is 16.6. The number of fused-ring (bicyclic) bond motifs is 1. The summed E-state index contributed by atoms with van der Waals surface area (Å²) in [4.78, 5) is 24.4. The second-order valence-corrected chi connectivity index (χ2v) is 6.94. The summed E-state index contributed by atoms with van der Waals surface area (Å²) >= 11 is 7.38. The molecule has 2 aromatic heterocycles. The Kier molecular flexibility index (Phi) is 4.70. The molecule has 1 saturated heterocycles. The molecule has 3 heterocycles. The van der Waals surface area contributed by atoms with Gasteiger partial charge in [-0.15, -0.1) is 11.3 Å². The van der Waals surface area contributed by atoms with Crippen LogP contribution in [0.2, 0.25) is 5.28 Å². The van der Waals surface area contributed by atoms with Crippen LogP contribution in [0.1, 0.15) is 29.1 Å². The predicted octanol–water partition coefficient (Wildman–Crippen LogP) is 3.05. The molecule has 0 atom stereocenters. The van der Waals surface area contributed by atoms with E-state index in [0.29, 0.717) is 22.9 Å². The maximum atomic E-state index is 12.3. The number of carbonyl (C=O) groups excluding carboxylic acids is 1. The third kappa shape index (κ3) is 3.27. The van der Waals surface area contributed by atoms with Crippen LogP contribution in [0.3, 0.4) is 0 Å². The first-order valence-electron chi connectivity index (χ1n) is 7.47. The van der Waals surface area contributed by atoms with E-state index in [4.69, 9.17) is 21.1 Å². The second-order valence-electron chi connectivity index (χ2n) is 5.61. The first-order chi connectivity index (χ1) is 11.0. The molecule has 0 amide bonds.